The summed E-state index contributed by atoms with van der Waals surface area (Å²) in [5.74, 6) is -0.665. The minimum absolute atomic E-state index is 0.190. The topological polar surface area (TPSA) is 50.2 Å². The summed E-state index contributed by atoms with van der Waals surface area (Å²) < 4.78 is 4.40. The molecule has 0 aliphatic heterocycles. The van der Waals surface area contributed by atoms with Crippen molar-refractivity contribution in [1.82, 2.24) is 0 Å². The Morgan fingerprint density at radius 2 is 2.23 bits per heavy atom. The average Bonchev–Trinajstić information content (AvgIpc) is 2.15. The van der Waals surface area contributed by atoms with Gasteiger partial charge in [-0.15, -0.1) is 0 Å². The second kappa shape index (κ2) is 4.05. The highest BCUT2D eigenvalue weighted by Gasteiger charge is 2.11. The summed E-state index contributed by atoms with van der Waals surface area (Å²) in [6, 6.07) is 6.52. The molecule has 1 aromatic rings. The molecule has 1 aromatic carbocycles. The van der Waals surface area contributed by atoms with Crippen LogP contribution in [-0.2, 0) is 9.53 Å². The molecule has 0 heterocycles. The number of hydrogen-bond donors (Lipinski definition) is 1. The summed E-state index contributed by atoms with van der Waals surface area (Å²) in [6.07, 6.45) is 0. The maximum Gasteiger partial charge on any atom is 0.356 e. The molecule has 68 valence electrons. The molecule has 4 heteroatoms. The third-order valence-electron chi connectivity index (χ3n) is 1.50. The number of esters is 1. The fourth-order valence-corrected chi connectivity index (χ4v) is 1.05. The van der Waals surface area contributed by atoms with Crippen LogP contribution in [0, 0.1) is 5.41 Å². The average molecular weight is 198 g/mol. The van der Waals surface area contributed by atoms with Gasteiger partial charge in [0, 0.05) is 10.6 Å². The van der Waals surface area contributed by atoms with Crippen molar-refractivity contribution in [3.63, 3.8) is 0 Å². The quantitative estimate of drug-likeness (QED) is 0.581. The second-order valence-corrected chi connectivity index (χ2v) is 2.81. The summed E-state index contributed by atoms with van der Waals surface area (Å²) in [5, 5.41) is 7.89. The SMILES string of the molecule is COC(=O)C(=N)c1cccc(Cl)c1. The van der Waals surface area contributed by atoms with Crippen molar-refractivity contribution in [2.45, 2.75) is 0 Å². The van der Waals surface area contributed by atoms with Crippen LogP contribution in [0.4, 0.5) is 0 Å². The van der Waals surface area contributed by atoms with Gasteiger partial charge in [-0.3, -0.25) is 5.41 Å². The molecular weight excluding hydrogens is 190 g/mol. The standard InChI is InChI=1S/C9H8ClNO2/c1-13-9(12)8(11)6-3-2-4-7(10)5-6/h2-5,11H,1H3. The fraction of sp³-hybridized carbons (Fsp3) is 0.111. The van der Waals surface area contributed by atoms with Crippen LogP contribution in [-0.4, -0.2) is 18.8 Å². The van der Waals surface area contributed by atoms with Gasteiger partial charge in [0.25, 0.3) is 0 Å². The Bertz CT molecular complexity index is 349. The van der Waals surface area contributed by atoms with Crippen LogP contribution in [0.3, 0.4) is 0 Å². The molecule has 0 aromatic heterocycles. The predicted molar refractivity (Wildman–Crippen MR) is 50.3 cm³/mol. The van der Waals surface area contributed by atoms with Gasteiger partial charge in [-0.05, 0) is 12.1 Å². The van der Waals surface area contributed by atoms with Crippen molar-refractivity contribution >= 4 is 23.3 Å². The summed E-state index contributed by atoms with van der Waals surface area (Å²) >= 11 is 5.69. The lowest BCUT2D eigenvalue weighted by molar-refractivity contribution is -0.132. The zero-order chi connectivity index (χ0) is 9.84. The Morgan fingerprint density at radius 3 is 2.77 bits per heavy atom. The first-order chi connectivity index (χ1) is 6.15. The predicted octanol–water partition coefficient (Wildman–Crippen LogP) is 1.88. The van der Waals surface area contributed by atoms with Crippen molar-refractivity contribution in [3.8, 4) is 0 Å². The molecule has 0 radical (unpaired) electrons. The van der Waals surface area contributed by atoms with Crippen LogP contribution < -0.4 is 0 Å². The second-order valence-electron chi connectivity index (χ2n) is 2.38. The third-order valence-corrected chi connectivity index (χ3v) is 1.74. The van der Waals surface area contributed by atoms with Gasteiger partial charge in [-0.25, -0.2) is 4.79 Å². The number of benzene rings is 1. The van der Waals surface area contributed by atoms with E-state index in [0.717, 1.165) is 0 Å². The number of methoxy groups -OCH3 is 1. The lowest BCUT2D eigenvalue weighted by Gasteiger charge is -2.01. The molecule has 0 unspecified atom stereocenters. The van der Waals surface area contributed by atoms with Gasteiger partial charge in [-0.2, -0.15) is 0 Å². The van der Waals surface area contributed by atoms with E-state index >= 15 is 0 Å². The molecule has 0 amide bonds. The number of carbonyl (C=O) groups is 1. The number of halogens is 1. The van der Waals surface area contributed by atoms with Gasteiger partial charge < -0.3 is 4.74 Å². The Labute approximate surface area is 80.8 Å². The molecule has 1 N–H and O–H groups in total. The monoisotopic (exact) mass is 197 g/mol. The number of carbonyl (C=O) groups excluding carboxylic acids is 1. The first-order valence-corrected chi connectivity index (χ1v) is 3.95. The maximum absolute atomic E-state index is 10.9. The molecule has 0 aliphatic carbocycles. The van der Waals surface area contributed by atoms with Crippen LogP contribution in [0.15, 0.2) is 24.3 Å². The lowest BCUT2D eigenvalue weighted by Crippen LogP contribution is -2.15. The van der Waals surface area contributed by atoms with Gasteiger partial charge in [0.15, 0.2) is 0 Å². The molecule has 0 saturated heterocycles. The Kier molecular flexibility index (Phi) is 3.03. The molecule has 0 atom stereocenters. The van der Waals surface area contributed by atoms with Crippen LogP contribution in [0.25, 0.3) is 0 Å². The Hall–Kier alpha value is -1.35. The molecular formula is C9H8ClNO2. The molecule has 13 heavy (non-hydrogen) atoms. The minimum Gasteiger partial charge on any atom is -0.464 e. The van der Waals surface area contributed by atoms with Crippen molar-refractivity contribution in [2.24, 2.45) is 0 Å². The van der Waals surface area contributed by atoms with E-state index in [2.05, 4.69) is 4.74 Å². The van der Waals surface area contributed by atoms with E-state index in [1.54, 1.807) is 24.3 Å². The molecule has 1 rings (SSSR count). The van der Waals surface area contributed by atoms with E-state index < -0.39 is 5.97 Å². The first kappa shape index (κ1) is 9.74. The smallest absolute Gasteiger partial charge is 0.356 e. The number of rotatable bonds is 2. The van der Waals surface area contributed by atoms with Crippen LogP contribution in [0.2, 0.25) is 5.02 Å². The van der Waals surface area contributed by atoms with Crippen LogP contribution in [0.5, 0.6) is 0 Å². The molecule has 0 fully saturated rings. The van der Waals surface area contributed by atoms with E-state index in [4.69, 9.17) is 17.0 Å². The van der Waals surface area contributed by atoms with Gasteiger partial charge in [0.2, 0.25) is 0 Å². The van der Waals surface area contributed by atoms with Crippen molar-refractivity contribution in [3.05, 3.63) is 34.9 Å². The summed E-state index contributed by atoms with van der Waals surface area (Å²) in [7, 11) is 1.24. The first-order valence-electron chi connectivity index (χ1n) is 3.58. The van der Waals surface area contributed by atoms with E-state index in [-0.39, 0.29) is 5.71 Å². The van der Waals surface area contributed by atoms with Gasteiger partial charge in [0.05, 0.1) is 7.11 Å². The normalized spacial score (nSPS) is 9.38. The van der Waals surface area contributed by atoms with Gasteiger partial charge >= 0.3 is 5.97 Å². The fourth-order valence-electron chi connectivity index (χ4n) is 0.864. The Morgan fingerprint density at radius 1 is 1.54 bits per heavy atom. The van der Waals surface area contributed by atoms with Crippen molar-refractivity contribution in [1.29, 1.82) is 5.41 Å². The number of ether oxygens (including phenoxy) is 1. The summed E-state index contributed by atoms with van der Waals surface area (Å²) in [6.45, 7) is 0. The van der Waals surface area contributed by atoms with E-state index in [1.165, 1.54) is 7.11 Å². The lowest BCUT2D eigenvalue weighted by atomic mass is 10.1. The zero-order valence-electron chi connectivity index (χ0n) is 7.00. The van der Waals surface area contributed by atoms with Gasteiger partial charge in [0.1, 0.15) is 5.71 Å². The molecule has 0 bridgehead atoms. The molecule has 0 spiro atoms. The summed E-state index contributed by atoms with van der Waals surface area (Å²) in [4.78, 5) is 10.9. The van der Waals surface area contributed by atoms with Gasteiger partial charge in [-0.1, -0.05) is 23.7 Å². The van der Waals surface area contributed by atoms with Crippen molar-refractivity contribution in [2.75, 3.05) is 7.11 Å². The number of hydrogen-bond acceptors (Lipinski definition) is 3. The minimum atomic E-state index is -0.665. The highest BCUT2D eigenvalue weighted by Crippen LogP contribution is 2.11. The molecule has 3 nitrogen and oxygen atoms in total. The van der Waals surface area contributed by atoms with Crippen LogP contribution >= 0.6 is 11.6 Å². The summed E-state index contributed by atoms with van der Waals surface area (Å²) in [5.41, 5.74) is 0.268. The highest BCUT2D eigenvalue weighted by atomic mass is 35.5. The maximum atomic E-state index is 10.9. The van der Waals surface area contributed by atoms with Crippen LogP contribution in [0.1, 0.15) is 5.56 Å². The van der Waals surface area contributed by atoms with E-state index in [1.807, 2.05) is 0 Å². The molecule has 0 aliphatic rings. The van der Waals surface area contributed by atoms with Crippen molar-refractivity contribution < 1.29 is 9.53 Å². The third kappa shape index (κ3) is 2.29. The van der Waals surface area contributed by atoms with E-state index in [9.17, 15) is 4.79 Å². The largest absolute Gasteiger partial charge is 0.464 e. The molecule has 0 saturated carbocycles. The number of nitrogens with one attached hydrogen (secondary N) is 1. The highest BCUT2D eigenvalue weighted by molar-refractivity contribution is 6.42. The van der Waals surface area contributed by atoms with E-state index in [0.29, 0.717) is 10.6 Å². The Balaban J connectivity index is 2.95. The zero-order valence-corrected chi connectivity index (χ0v) is 7.76.